The summed E-state index contributed by atoms with van der Waals surface area (Å²) < 4.78 is 2.05. The molecule has 3 heteroatoms. The Kier molecular flexibility index (Phi) is 5.00. The first-order chi connectivity index (χ1) is 7.62. The number of nitrogens with zero attached hydrogens (tertiary/aromatic N) is 2. The van der Waals surface area contributed by atoms with E-state index in [4.69, 9.17) is 0 Å². The van der Waals surface area contributed by atoms with E-state index in [0.29, 0.717) is 5.92 Å². The van der Waals surface area contributed by atoms with Crippen LogP contribution in [0.4, 0.5) is 0 Å². The van der Waals surface area contributed by atoms with E-state index in [2.05, 4.69) is 36.6 Å². The van der Waals surface area contributed by atoms with Crippen molar-refractivity contribution in [3.8, 4) is 0 Å². The highest BCUT2D eigenvalue weighted by atomic mass is 16.3. The number of aliphatic hydroxyl groups is 1. The fourth-order valence-electron chi connectivity index (χ4n) is 1.99. The van der Waals surface area contributed by atoms with Crippen LogP contribution in [0.15, 0.2) is 6.07 Å². The van der Waals surface area contributed by atoms with Crippen LogP contribution in [0, 0.1) is 5.92 Å². The minimum atomic E-state index is -0.203. The van der Waals surface area contributed by atoms with Crippen LogP contribution >= 0.6 is 0 Å². The summed E-state index contributed by atoms with van der Waals surface area (Å²) in [5.74, 6) is 0.303. The van der Waals surface area contributed by atoms with Crippen LogP contribution in [0.2, 0.25) is 0 Å². The molecular weight excluding hydrogens is 200 g/mol. The maximum absolute atomic E-state index is 9.79. The molecule has 1 rings (SSSR count). The Morgan fingerprint density at radius 2 is 2.06 bits per heavy atom. The van der Waals surface area contributed by atoms with Crippen molar-refractivity contribution in [2.45, 2.75) is 59.6 Å². The highest BCUT2D eigenvalue weighted by molar-refractivity contribution is 5.11. The average molecular weight is 224 g/mol. The molecule has 0 aliphatic carbocycles. The number of aliphatic hydroxyl groups excluding tert-OH is 1. The smallest absolute Gasteiger partial charge is 0.0624 e. The van der Waals surface area contributed by atoms with Crippen molar-refractivity contribution in [1.29, 1.82) is 0 Å². The number of aromatic nitrogens is 2. The Balaban J connectivity index is 2.75. The monoisotopic (exact) mass is 224 g/mol. The third kappa shape index (κ3) is 3.08. The summed E-state index contributed by atoms with van der Waals surface area (Å²) in [5, 5.41) is 14.3. The van der Waals surface area contributed by atoms with Crippen molar-refractivity contribution in [2.24, 2.45) is 5.92 Å². The normalized spacial score (nSPS) is 15.1. The van der Waals surface area contributed by atoms with Gasteiger partial charge in [0.1, 0.15) is 0 Å². The summed E-state index contributed by atoms with van der Waals surface area (Å²) >= 11 is 0. The van der Waals surface area contributed by atoms with Crippen LogP contribution in [-0.4, -0.2) is 21.0 Å². The standard InChI is InChI=1S/C13H24N2O/c1-5-11-9-12(15(7-3)14-11)8-10(4)13(16)6-2/h9-10,13,16H,5-8H2,1-4H3. The predicted octanol–water partition coefficient (Wildman–Crippen LogP) is 2.41. The Bertz CT molecular complexity index is 320. The summed E-state index contributed by atoms with van der Waals surface area (Å²) in [6.07, 6.45) is 2.51. The van der Waals surface area contributed by atoms with E-state index in [1.807, 2.05) is 6.92 Å². The van der Waals surface area contributed by atoms with E-state index >= 15 is 0 Å². The third-order valence-electron chi connectivity index (χ3n) is 3.18. The predicted molar refractivity (Wildman–Crippen MR) is 66.4 cm³/mol. The van der Waals surface area contributed by atoms with Crippen molar-refractivity contribution in [3.05, 3.63) is 17.5 Å². The van der Waals surface area contributed by atoms with Crippen molar-refractivity contribution in [1.82, 2.24) is 9.78 Å². The van der Waals surface area contributed by atoms with Gasteiger partial charge in [-0.05, 0) is 38.2 Å². The molecule has 1 aromatic rings. The minimum Gasteiger partial charge on any atom is -0.393 e. The van der Waals surface area contributed by atoms with E-state index < -0.39 is 0 Å². The summed E-state index contributed by atoms with van der Waals surface area (Å²) in [6.45, 7) is 9.26. The second-order valence-electron chi connectivity index (χ2n) is 4.45. The van der Waals surface area contributed by atoms with E-state index in [-0.39, 0.29) is 6.10 Å². The highest BCUT2D eigenvalue weighted by Crippen LogP contribution is 2.15. The van der Waals surface area contributed by atoms with Gasteiger partial charge in [-0.1, -0.05) is 20.8 Å². The Morgan fingerprint density at radius 1 is 1.38 bits per heavy atom. The number of hydrogen-bond acceptors (Lipinski definition) is 2. The molecule has 0 saturated carbocycles. The van der Waals surface area contributed by atoms with Gasteiger partial charge >= 0.3 is 0 Å². The van der Waals surface area contributed by atoms with Crippen molar-refractivity contribution in [2.75, 3.05) is 0 Å². The van der Waals surface area contributed by atoms with Gasteiger partial charge in [0.05, 0.1) is 11.8 Å². The zero-order valence-electron chi connectivity index (χ0n) is 10.9. The van der Waals surface area contributed by atoms with Gasteiger partial charge in [0.15, 0.2) is 0 Å². The van der Waals surface area contributed by atoms with Gasteiger partial charge < -0.3 is 5.11 Å². The van der Waals surface area contributed by atoms with E-state index in [1.54, 1.807) is 0 Å². The molecule has 0 radical (unpaired) electrons. The molecule has 2 atom stereocenters. The molecule has 0 saturated heterocycles. The van der Waals surface area contributed by atoms with Gasteiger partial charge in [0.2, 0.25) is 0 Å². The van der Waals surface area contributed by atoms with E-state index in [1.165, 1.54) is 5.69 Å². The molecule has 1 N–H and O–H groups in total. The maximum Gasteiger partial charge on any atom is 0.0624 e. The van der Waals surface area contributed by atoms with Crippen LogP contribution in [0.3, 0.4) is 0 Å². The van der Waals surface area contributed by atoms with Crippen LogP contribution in [0.25, 0.3) is 0 Å². The quantitative estimate of drug-likeness (QED) is 0.806. The van der Waals surface area contributed by atoms with Crippen LogP contribution in [0.5, 0.6) is 0 Å². The molecule has 2 unspecified atom stereocenters. The second-order valence-corrected chi connectivity index (χ2v) is 4.45. The molecule has 16 heavy (non-hydrogen) atoms. The highest BCUT2D eigenvalue weighted by Gasteiger charge is 2.15. The molecule has 92 valence electrons. The van der Waals surface area contributed by atoms with Gasteiger partial charge in [-0.2, -0.15) is 5.10 Å². The summed E-state index contributed by atoms with van der Waals surface area (Å²) in [7, 11) is 0. The molecule has 1 aromatic heterocycles. The van der Waals surface area contributed by atoms with Crippen LogP contribution < -0.4 is 0 Å². The first-order valence-electron chi connectivity index (χ1n) is 6.35. The van der Waals surface area contributed by atoms with Gasteiger partial charge in [-0.3, -0.25) is 4.68 Å². The van der Waals surface area contributed by atoms with Crippen molar-refractivity contribution in [3.63, 3.8) is 0 Å². The number of rotatable bonds is 6. The van der Waals surface area contributed by atoms with Crippen molar-refractivity contribution < 1.29 is 5.11 Å². The zero-order chi connectivity index (χ0) is 12.1. The van der Waals surface area contributed by atoms with Crippen molar-refractivity contribution >= 4 is 0 Å². The van der Waals surface area contributed by atoms with Crippen LogP contribution in [0.1, 0.15) is 45.5 Å². The molecule has 0 spiro atoms. The molecule has 0 aliphatic heterocycles. The Hall–Kier alpha value is -0.830. The topological polar surface area (TPSA) is 38.0 Å². The lowest BCUT2D eigenvalue weighted by Gasteiger charge is -2.17. The minimum absolute atomic E-state index is 0.203. The fourth-order valence-corrected chi connectivity index (χ4v) is 1.99. The Morgan fingerprint density at radius 3 is 2.56 bits per heavy atom. The first-order valence-corrected chi connectivity index (χ1v) is 6.35. The Labute approximate surface area is 98.5 Å². The van der Waals surface area contributed by atoms with E-state index in [0.717, 1.165) is 31.5 Å². The summed E-state index contributed by atoms with van der Waals surface area (Å²) in [5.41, 5.74) is 2.40. The number of aryl methyl sites for hydroxylation is 2. The molecule has 3 nitrogen and oxygen atoms in total. The maximum atomic E-state index is 9.79. The second kappa shape index (κ2) is 6.04. The summed E-state index contributed by atoms with van der Waals surface area (Å²) in [4.78, 5) is 0. The zero-order valence-corrected chi connectivity index (χ0v) is 10.9. The molecule has 0 aliphatic rings. The van der Waals surface area contributed by atoms with Gasteiger partial charge in [-0.15, -0.1) is 0 Å². The molecule has 0 bridgehead atoms. The number of hydrogen-bond donors (Lipinski definition) is 1. The third-order valence-corrected chi connectivity index (χ3v) is 3.18. The lowest BCUT2D eigenvalue weighted by Crippen LogP contribution is -2.20. The van der Waals surface area contributed by atoms with Gasteiger partial charge in [0, 0.05) is 12.2 Å². The molecule has 0 aromatic carbocycles. The van der Waals surface area contributed by atoms with Gasteiger partial charge in [-0.25, -0.2) is 0 Å². The first kappa shape index (κ1) is 13.2. The molecule has 0 fully saturated rings. The van der Waals surface area contributed by atoms with E-state index in [9.17, 15) is 5.11 Å². The lowest BCUT2D eigenvalue weighted by atomic mass is 9.97. The largest absolute Gasteiger partial charge is 0.393 e. The van der Waals surface area contributed by atoms with Crippen LogP contribution in [-0.2, 0) is 19.4 Å². The van der Waals surface area contributed by atoms with Gasteiger partial charge in [0.25, 0.3) is 0 Å². The summed E-state index contributed by atoms with van der Waals surface area (Å²) in [6, 6.07) is 2.17. The molecular formula is C13H24N2O. The molecule has 0 amide bonds. The molecule has 1 heterocycles. The SMILES string of the molecule is CCc1cc(CC(C)C(O)CC)n(CC)n1. The fraction of sp³-hybridized carbons (Fsp3) is 0.769. The average Bonchev–Trinajstić information content (AvgIpc) is 2.70. The lowest BCUT2D eigenvalue weighted by molar-refractivity contribution is 0.111.